The normalized spacial score (nSPS) is 12.3. The predicted octanol–water partition coefficient (Wildman–Crippen LogP) is 2.92. The minimum atomic E-state index is 0.296. The number of aliphatic imine (C=N–C) groups is 1. The summed E-state index contributed by atoms with van der Waals surface area (Å²) >= 11 is 0. The number of nitrogens with zero attached hydrogens (tertiary/aromatic N) is 2. The number of benzene rings is 2. The van der Waals surface area contributed by atoms with Gasteiger partial charge in [-0.1, -0.05) is 30.3 Å². The molecule has 0 saturated heterocycles. The Hall–Kier alpha value is -1.87. The van der Waals surface area contributed by atoms with Crippen LogP contribution in [-0.2, 0) is 0 Å². The smallest absolute Gasteiger partial charge is 0.125 e. The Morgan fingerprint density at radius 3 is 2.63 bits per heavy atom. The summed E-state index contributed by atoms with van der Waals surface area (Å²) in [4.78, 5) is 6.66. The third kappa shape index (κ3) is 3.12. The number of rotatable bonds is 4. The fraction of sp³-hybridized carbons (Fsp3) is 0.312. The number of phenols is 1. The topological polar surface area (TPSA) is 35.8 Å². The fourth-order valence-corrected chi connectivity index (χ4v) is 2.14. The predicted molar refractivity (Wildman–Crippen MR) is 81.2 cm³/mol. The largest absolute Gasteiger partial charge is 0.507 e. The van der Waals surface area contributed by atoms with E-state index in [1.807, 2.05) is 51.4 Å². The lowest BCUT2D eigenvalue weighted by molar-refractivity contribution is 0.420. The summed E-state index contributed by atoms with van der Waals surface area (Å²) in [6, 6.07) is 11.7. The van der Waals surface area contributed by atoms with Crippen LogP contribution in [0.4, 0.5) is 0 Å². The zero-order chi connectivity index (χ0) is 13.8. The zero-order valence-corrected chi connectivity index (χ0v) is 11.7. The number of likely N-dealkylation sites (N-methyl/N-ethyl adjacent to an activating group) is 1. The van der Waals surface area contributed by atoms with E-state index >= 15 is 0 Å². The van der Waals surface area contributed by atoms with Gasteiger partial charge in [-0.3, -0.25) is 4.99 Å². The van der Waals surface area contributed by atoms with E-state index in [1.54, 1.807) is 6.07 Å². The van der Waals surface area contributed by atoms with E-state index in [-0.39, 0.29) is 0 Å². The van der Waals surface area contributed by atoms with Gasteiger partial charge in [-0.25, -0.2) is 0 Å². The summed E-state index contributed by atoms with van der Waals surface area (Å²) in [5.74, 6) is 0.296. The van der Waals surface area contributed by atoms with E-state index < -0.39 is 0 Å². The molecule has 0 bridgehead atoms. The second-order valence-corrected chi connectivity index (χ2v) is 4.95. The molecular formula is C16H20N2O. The molecule has 100 valence electrons. The molecule has 0 aliphatic carbocycles. The van der Waals surface area contributed by atoms with Crippen molar-refractivity contribution in [1.82, 2.24) is 4.90 Å². The van der Waals surface area contributed by atoms with Crippen LogP contribution in [0, 0.1) is 0 Å². The van der Waals surface area contributed by atoms with Crippen LogP contribution in [0.15, 0.2) is 41.4 Å². The molecule has 0 saturated carbocycles. The lowest BCUT2D eigenvalue weighted by Crippen LogP contribution is -2.16. The Balaban J connectivity index is 2.40. The number of phenolic OH excluding ortho intramolecular Hbond substituents is 1. The van der Waals surface area contributed by atoms with E-state index in [0.29, 0.717) is 5.75 Å². The molecule has 0 aliphatic rings. The zero-order valence-electron chi connectivity index (χ0n) is 11.7. The van der Waals surface area contributed by atoms with E-state index in [0.717, 1.165) is 35.1 Å². The van der Waals surface area contributed by atoms with Gasteiger partial charge < -0.3 is 10.0 Å². The molecule has 0 unspecified atom stereocenters. The molecule has 0 fully saturated rings. The number of hydrogen-bond donors (Lipinski definition) is 1. The second kappa shape index (κ2) is 5.85. The van der Waals surface area contributed by atoms with Crippen molar-refractivity contribution in [1.29, 1.82) is 0 Å². The Kier molecular flexibility index (Phi) is 4.17. The van der Waals surface area contributed by atoms with Gasteiger partial charge >= 0.3 is 0 Å². The van der Waals surface area contributed by atoms with Gasteiger partial charge in [0.05, 0.1) is 6.54 Å². The average Bonchev–Trinajstić information content (AvgIpc) is 2.38. The summed E-state index contributed by atoms with van der Waals surface area (Å²) in [6.45, 7) is 3.60. The van der Waals surface area contributed by atoms with Crippen LogP contribution in [0.2, 0.25) is 0 Å². The summed E-state index contributed by atoms with van der Waals surface area (Å²) in [5, 5.41) is 12.3. The van der Waals surface area contributed by atoms with Gasteiger partial charge in [0.2, 0.25) is 0 Å². The number of hydrogen-bond acceptors (Lipinski definition) is 3. The Labute approximate surface area is 114 Å². The van der Waals surface area contributed by atoms with E-state index in [4.69, 9.17) is 0 Å². The summed E-state index contributed by atoms with van der Waals surface area (Å²) in [5.41, 5.74) is 1.73. The van der Waals surface area contributed by atoms with E-state index in [1.165, 1.54) is 0 Å². The highest BCUT2D eigenvalue weighted by Gasteiger charge is 2.09. The molecule has 19 heavy (non-hydrogen) atoms. The average molecular weight is 256 g/mol. The lowest BCUT2D eigenvalue weighted by Gasteiger charge is -2.10. The van der Waals surface area contributed by atoms with Crippen molar-refractivity contribution >= 4 is 16.5 Å². The van der Waals surface area contributed by atoms with Crippen LogP contribution < -0.4 is 0 Å². The second-order valence-electron chi connectivity index (χ2n) is 4.95. The molecule has 0 spiro atoms. The minimum absolute atomic E-state index is 0.296. The molecule has 0 aliphatic heterocycles. The van der Waals surface area contributed by atoms with Crippen molar-refractivity contribution in [2.75, 3.05) is 27.2 Å². The third-order valence-electron chi connectivity index (χ3n) is 3.17. The molecule has 3 heteroatoms. The molecule has 2 aromatic carbocycles. The maximum absolute atomic E-state index is 10.1. The lowest BCUT2D eigenvalue weighted by atomic mass is 10.0. The molecule has 0 radical (unpaired) electrons. The van der Waals surface area contributed by atoms with Gasteiger partial charge in [-0.05, 0) is 37.9 Å². The van der Waals surface area contributed by atoms with Crippen molar-refractivity contribution < 1.29 is 5.11 Å². The van der Waals surface area contributed by atoms with Gasteiger partial charge in [-0.2, -0.15) is 0 Å². The van der Waals surface area contributed by atoms with Crippen LogP contribution in [-0.4, -0.2) is 42.9 Å². The molecule has 2 rings (SSSR count). The van der Waals surface area contributed by atoms with Crippen molar-refractivity contribution in [3.8, 4) is 5.75 Å². The molecule has 2 aromatic rings. The highest BCUT2D eigenvalue weighted by molar-refractivity contribution is 6.11. The Morgan fingerprint density at radius 1 is 1.16 bits per heavy atom. The summed E-state index contributed by atoms with van der Waals surface area (Å²) in [7, 11) is 4.06. The number of fused-ring (bicyclic) bond motifs is 1. The van der Waals surface area contributed by atoms with Gasteiger partial charge in [0, 0.05) is 17.8 Å². The van der Waals surface area contributed by atoms with Gasteiger partial charge in [0.25, 0.3) is 0 Å². The van der Waals surface area contributed by atoms with Crippen LogP contribution in [0.3, 0.4) is 0 Å². The van der Waals surface area contributed by atoms with Crippen molar-refractivity contribution in [3.63, 3.8) is 0 Å². The maximum atomic E-state index is 10.1. The third-order valence-corrected chi connectivity index (χ3v) is 3.17. The molecule has 0 amide bonds. The molecular weight excluding hydrogens is 236 g/mol. The number of aromatic hydroxyl groups is 1. The molecule has 0 atom stereocenters. The first-order valence-corrected chi connectivity index (χ1v) is 6.46. The standard InChI is InChI=1S/C16H20N2O/c1-12(17-10-11-18(2)3)16-14-7-5-4-6-13(14)8-9-15(16)19/h4-9,19H,10-11H2,1-3H3. The van der Waals surface area contributed by atoms with Crippen molar-refractivity contribution in [2.45, 2.75) is 6.92 Å². The monoisotopic (exact) mass is 256 g/mol. The van der Waals surface area contributed by atoms with Gasteiger partial charge in [0.1, 0.15) is 5.75 Å². The van der Waals surface area contributed by atoms with Gasteiger partial charge in [0.15, 0.2) is 0 Å². The Morgan fingerprint density at radius 2 is 1.89 bits per heavy atom. The van der Waals surface area contributed by atoms with E-state index in [2.05, 4.69) is 9.89 Å². The van der Waals surface area contributed by atoms with Crippen LogP contribution >= 0.6 is 0 Å². The first-order chi connectivity index (χ1) is 9.09. The fourth-order valence-electron chi connectivity index (χ4n) is 2.14. The van der Waals surface area contributed by atoms with Crippen LogP contribution in [0.5, 0.6) is 5.75 Å². The van der Waals surface area contributed by atoms with Crippen LogP contribution in [0.1, 0.15) is 12.5 Å². The molecule has 0 heterocycles. The van der Waals surface area contributed by atoms with Gasteiger partial charge in [-0.15, -0.1) is 0 Å². The maximum Gasteiger partial charge on any atom is 0.125 e. The first-order valence-electron chi connectivity index (χ1n) is 6.46. The quantitative estimate of drug-likeness (QED) is 0.854. The van der Waals surface area contributed by atoms with Crippen molar-refractivity contribution in [3.05, 3.63) is 42.0 Å². The van der Waals surface area contributed by atoms with Crippen LogP contribution in [0.25, 0.3) is 10.8 Å². The Bertz CT molecular complexity index is 603. The highest BCUT2D eigenvalue weighted by Crippen LogP contribution is 2.27. The molecule has 3 nitrogen and oxygen atoms in total. The summed E-state index contributed by atoms with van der Waals surface area (Å²) < 4.78 is 0. The SMILES string of the molecule is CC(=NCCN(C)C)c1c(O)ccc2ccccc12. The van der Waals surface area contributed by atoms with Crippen molar-refractivity contribution in [2.24, 2.45) is 4.99 Å². The minimum Gasteiger partial charge on any atom is -0.507 e. The molecule has 1 N–H and O–H groups in total. The summed E-state index contributed by atoms with van der Waals surface area (Å²) in [6.07, 6.45) is 0. The first kappa shape index (κ1) is 13.6. The van der Waals surface area contributed by atoms with E-state index in [9.17, 15) is 5.11 Å². The highest BCUT2D eigenvalue weighted by atomic mass is 16.3. The molecule has 0 aromatic heterocycles.